The first-order chi connectivity index (χ1) is 4.84. The molecule has 0 aliphatic rings. The highest BCUT2D eigenvalue weighted by Crippen LogP contribution is 2.12. The van der Waals surface area contributed by atoms with E-state index >= 15 is 0 Å². The van der Waals surface area contributed by atoms with Gasteiger partial charge in [0, 0.05) is 11.8 Å². The van der Waals surface area contributed by atoms with Crippen molar-refractivity contribution in [2.24, 2.45) is 0 Å². The van der Waals surface area contributed by atoms with E-state index in [1.807, 2.05) is 31.2 Å². The number of pyridine rings is 1. The number of rotatable bonds is 1. The van der Waals surface area contributed by atoms with Gasteiger partial charge in [0.15, 0.2) is 0 Å². The fraction of sp³-hybridized carbons (Fsp3) is 0.125. The van der Waals surface area contributed by atoms with Gasteiger partial charge in [-0.15, -0.1) is 0 Å². The molecule has 0 bridgehead atoms. The van der Waals surface area contributed by atoms with Gasteiger partial charge in [-0.05, 0) is 13.0 Å². The molecule has 0 saturated heterocycles. The molecule has 1 aromatic rings. The quantitative estimate of drug-likeness (QED) is 0.566. The SMILES string of the molecule is CC=Cc1cccnc1Cl. The van der Waals surface area contributed by atoms with Crippen molar-refractivity contribution in [2.45, 2.75) is 6.92 Å². The zero-order valence-electron chi connectivity index (χ0n) is 5.71. The molecule has 1 aromatic heterocycles. The van der Waals surface area contributed by atoms with E-state index in [1.54, 1.807) is 6.20 Å². The highest BCUT2D eigenvalue weighted by atomic mass is 35.5. The van der Waals surface area contributed by atoms with Gasteiger partial charge in [0.25, 0.3) is 0 Å². The maximum Gasteiger partial charge on any atom is 0.136 e. The number of hydrogen-bond acceptors (Lipinski definition) is 1. The summed E-state index contributed by atoms with van der Waals surface area (Å²) in [5.41, 5.74) is 0.965. The molecule has 0 fully saturated rings. The molecule has 0 amide bonds. The van der Waals surface area contributed by atoms with Crippen molar-refractivity contribution in [3.05, 3.63) is 35.1 Å². The molecule has 0 N–H and O–H groups in total. The summed E-state index contributed by atoms with van der Waals surface area (Å²) in [7, 11) is 0. The summed E-state index contributed by atoms with van der Waals surface area (Å²) in [4.78, 5) is 3.91. The molecular weight excluding hydrogens is 146 g/mol. The number of aromatic nitrogens is 1. The van der Waals surface area contributed by atoms with E-state index in [0.717, 1.165) is 5.56 Å². The minimum absolute atomic E-state index is 0.556. The van der Waals surface area contributed by atoms with Gasteiger partial charge in [-0.1, -0.05) is 29.8 Å². The van der Waals surface area contributed by atoms with E-state index in [2.05, 4.69) is 4.98 Å². The second-order valence-electron chi connectivity index (χ2n) is 1.88. The van der Waals surface area contributed by atoms with Crippen molar-refractivity contribution in [3.63, 3.8) is 0 Å². The number of hydrogen-bond donors (Lipinski definition) is 0. The smallest absolute Gasteiger partial charge is 0.136 e. The fourth-order valence-corrected chi connectivity index (χ4v) is 0.885. The molecule has 1 nitrogen and oxygen atoms in total. The third kappa shape index (κ3) is 1.58. The van der Waals surface area contributed by atoms with E-state index in [-0.39, 0.29) is 0 Å². The zero-order valence-corrected chi connectivity index (χ0v) is 6.47. The fourth-order valence-electron chi connectivity index (χ4n) is 0.702. The standard InChI is InChI=1S/C8H8ClN/c1-2-4-7-5-3-6-10-8(7)9/h2-6H,1H3. The lowest BCUT2D eigenvalue weighted by Gasteiger charge is -1.92. The topological polar surface area (TPSA) is 12.9 Å². The van der Waals surface area contributed by atoms with Gasteiger partial charge < -0.3 is 0 Å². The van der Waals surface area contributed by atoms with Gasteiger partial charge in [0.05, 0.1) is 0 Å². The van der Waals surface area contributed by atoms with Gasteiger partial charge in [0.2, 0.25) is 0 Å². The van der Waals surface area contributed by atoms with Crippen LogP contribution in [0.1, 0.15) is 12.5 Å². The molecule has 0 aliphatic carbocycles. The van der Waals surface area contributed by atoms with Crippen LogP contribution in [0.2, 0.25) is 5.15 Å². The molecule has 0 aliphatic heterocycles. The molecule has 2 heteroatoms. The summed E-state index contributed by atoms with van der Waals surface area (Å²) in [6.07, 6.45) is 5.54. The summed E-state index contributed by atoms with van der Waals surface area (Å²) in [5, 5.41) is 0.556. The molecular formula is C8H8ClN. The summed E-state index contributed by atoms with van der Waals surface area (Å²) in [6.45, 7) is 1.95. The average Bonchev–Trinajstić information content (AvgIpc) is 1.94. The third-order valence-electron chi connectivity index (χ3n) is 1.13. The van der Waals surface area contributed by atoms with Crippen molar-refractivity contribution in [1.29, 1.82) is 0 Å². The molecule has 1 rings (SSSR count). The predicted molar refractivity (Wildman–Crippen MR) is 44.0 cm³/mol. The minimum atomic E-state index is 0.556. The van der Waals surface area contributed by atoms with Crippen LogP contribution in [0.3, 0.4) is 0 Å². The molecule has 0 aromatic carbocycles. The van der Waals surface area contributed by atoms with E-state index in [4.69, 9.17) is 11.6 Å². The maximum absolute atomic E-state index is 5.74. The second kappa shape index (κ2) is 3.37. The first kappa shape index (κ1) is 7.29. The lowest BCUT2D eigenvalue weighted by Crippen LogP contribution is -1.77. The Morgan fingerprint density at radius 1 is 1.60 bits per heavy atom. The third-order valence-corrected chi connectivity index (χ3v) is 1.45. The van der Waals surface area contributed by atoms with Crippen LogP contribution < -0.4 is 0 Å². The zero-order chi connectivity index (χ0) is 7.40. The van der Waals surface area contributed by atoms with Gasteiger partial charge in [0.1, 0.15) is 5.15 Å². The Balaban J connectivity index is 3.03. The largest absolute Gasteiger partial charge is 0.244 e. The normalized spacial score (nSPS) is 10.6. The number of halogens is 1. The predicted octanol–water partition coefficient (Wildman–Crippen LogP) is 2.77. The average molecular weight is 154 g/mol. The Morgan fingerprint density at radius 2 is 2.40 bits per heavy atom. The Kier molecular flexibility index (Phi) is 2.46. The van der Waals surface area contributed by atoms with E-state index in [1.165, 1.54) is 0 Å². The Hall–Kier alpha value is -0.820. The lowest BCUT2D eigenvalue weighted by atomic mass is 10.3. The van der Waals surface area contributed by atoms with Gasteiger partial charge in [-0.3, -0.25) is 0 Å². The minimum Gasteiger partial charge on any atom is -0.244 e. The summed E-state index contributed by atoms with van der Waals surface area (Å²) >= 11 is 5.74. The molecule has 0 atom stereocenters. The molecule has 0 unspecified atom stereocenters. The van der Waals surface area contributed by atoms with Crippen molar-refractivity contribution in [1.82, 2.24) is 4.98 Å². The summed E-state index contributed by atoms with van der Waals surface area (Å²) < 4.78 is 0. The van der Waals surface area contributed by atoms with Crippen LogP contribution in [0.15, 0.2) is 24.4 Å². The van der Waals surface area contributed by atoms with Crippen molar-refractivity contribution in [3.8, 4) is 0 Å². The monoisotopic (exact) mass is 153 g/mol. The number of allylic oxidation sites excluding steroid dienone is 1. The van der Waals surface area contributed by atoms with Gasteiger partial charge in [-0.25, -0.2) is 4.98 Å². The highest BCUT2D eigenvalue weighted by Gasteiger charge is 1.92. The summed E-state index contributed by atoms with van der Waals surface area (Å²) in [6, 6.07) is 3.79. The van der Waals surface area contributed by atoms with Crippen LogP contribution in [0.4, 0.5) is 0 Å². The van der Waals surface area contributed by atoms with Crippen molar-refractivity contribution in [2.75, 3.05) is 0 Å². The molecule has 0 saturated carbocycles. The van der Waals surface area contributed by atoms with Crippen LogP contribution >= 0.6 is 11.6 Å². The van der Waals surface area contributed by atoms with Crippen LogP contribution in [-0.4, -0.2) is 4.98 Å². The Labute approximate surface area is 65.4 Å². The van der Waals surface area contributed by atoms with Crippen molar-refractivity contribution < 1.29 is 0 Å². The molecule has 0 radical (unpaired) electrons. The van der Waals surface area contributed by atoms with Crippen LogP contribution in [0, 0.1) is 0 Å². The molecule has 10 heavy (non-hydrogen) atoms. The van der Waals surface area contributed by atoms with Crippen LogP contribution in [0.5, 0.6) is 0 Å². The Bertz CT molecular complexity index is 243. The van der Waals surface area contributed by atoms with Crippen LogP contribution in [-0.2, 0) is 0 Å². The molecule has 1 heterocycles. The van der Waals surface area contributed by atoms with Crippen molar-refractivity contribution >= 4 is 17.7 Å². The molecule has 0 spiro atoms. The highest BCUT2D eigenvalue weighted by molar-refractivity contribution is 6.30. The maximum atomic E-state index is 5.74. The van der Waals surface area contributed by atoms with E-state index in [9.17, 15) is 0 Å². The van der Waals surface area contributed by atoms with E-state index in [0.29, 0.717) is 5.15 Å². The number of nitrogens with zero attached hydrogens (tertiary/aromatic N) is 1. The first-order valence-electron chi connectivity index (χ1n) is 3.08. The second-order valence-corrected chi connectivity index (χ2v) is 2.24. The van der Waals surface area contributed by atoms with Crippen LogP contribution in [0.25, 0.3) is 6.08 Å². The first-order valence-corrected chi connectivity index (χ1v) is 3.45. The molecule has 52 valence electrons. The summed E-state index contributed by atoms with van der Waals surface area (Å²) in [5.74, 6) is 0. The lowest BCUT2D eigenvalue weighted by molar-refractivity contribution is 1.32. The van der Waals surface area contributed by atoms with E-state index < -0.39 is 0 Å². The van der Waals surface area contributed by atoms with Gasteiger partial charge >= 0.3 is 0 Å². The Morgan fingerprint density at radius 3 is 3.00 bits per heavy atom. The van der Waals surface area contributed by atoms with Gasteiger partial charge in [-0.2, -0.15) is 0 Å².